The first kappa shape index (κ1) is 17.5. The van der Waals surface area contributed by atoms with Crippen LogP contribution in [-0.2, 0) is 13.1 Å². The van der Waals surface area contributed by atoms with Crippen molar-refractivity contribution in [3.05, 3.63) is 51.8 Å². The van der Waals surface area contributed by atoms with Crippen molar-refractivity contribution >= 4 is 11.6 Å². The standard InChI is InChI=1S/C19H26ClN3O/c1-14-19(15(2)23(21-14)10-11-24)13-22-9-3-4-17(12-22)16-5-7-18(20)8-6-16/h5-8,17,24H,3-4,9-13H2,1-2H3. The molecular formula is C19H26ClN3O. The van der Waals surface area contributed by atoms with E-state index in [1.807, 2.05) is 16.8 Å². The topological polar surface area (TPSA) is 41.3 Å². The van der Waals surface area contributed by atoms with Crippen molar-refractivity contribution in [2.75, 3.05) is 19.7 Å². The number of aromatic nitrogens is 2. The number of piperidine rings is 1. The van der Waals surface area contributed by atoms with Crippen LogP contribution in [0.2, 0.25) is 5.02 Å². The highest BCUT2D eigenvalue weighted by molar-refractivity contribution is 6.30. The predicted octanol–water partition coefficient (Wildman–Crippen LogP) is 3.53. The van der Waals surface area contributed by atoms with Gasteiger partial charge in [0.15, 0.2) is 0 Å². The van der Waals surface area contributed by atoms with Crippen LogP contribution < -0.4 is 0 Å². The lowest BCUT2D eigenvalue weighted by atomic mass is 9.90. The molecule has 0 aliphatic carbocycles. The summed E-state index contributed by atoms with van der Waals surface area (Å²) in [5.74, 6) is 0.573. The average molecular weight is 348 g/mol. The van der Waals surface area contributed by atoms with E-state index >= 15 is 0 Å². The second-order valence-corrected chi connectivity index (χ2v) is 7.16. The molecule has 1 saturated heterocycles. The molecule has 1 aromatic heterocycles. The Morgan fingerprint density at radius 3 is 2.71 bits per heavy atom. The first-order valence-electron chi connectivity index (χ1n) is 8.70. The van der Waals surface area contributed by atoms with Gasteiger partial charge >= 0.3 is 0 Å². The molecule has 2 aromatic rings. The first-order valence-corrected chi connectivity index (χ1v) is 9.08. The molecule has 0 radical (unpaired) electrons. The van der Waals surface area contributed by atoms with E-state index in [1.165, 1.54) is 29.7 Å². The van der Waals surface area contributed by atoms with Gasteiger partial charge in [0.05, 0.1) is 18.8 Å². The molecule has 1 unspecified atom stereocenters. The zero-order valence-corrected chi connectivity index (χ0v) is 15.3. The Kier molecular flexibility index (Phi) is 5.59. The van der Waals surface area contributed by atoms with Crippen molar-refractivity contribution in [3.8, 4) is 0 Å². The summed E-state index contributed by atoms with van der Waals surface area (Å²) in [5.41, 5.74) is 4.94. The number of benzene rings is 1. The van der Waals surface area contributed by atoms with E-state index in [1.54, 1.807) is 0 Å². The maximum absolute atomic E-state index is 9.17. The third-order valence-electron chi connectivity index (χ3n) is 5.07. The number of nitrogens with zero attached hydrogens (tertiary/aromatic N) is 3. The number of hydrogen-bond acceptors (Lipinski definition) is 3. The lowest BCUT2D eigenvalue weighted by Gasteiger charge is -2.33. The van der Waals surface area contributed by atoms with Crippen molar-refractivity contribution < 1.29 is 5.11 Å². The summed E-state index contributed by atoms with van der Waals surface area (Å²) in [6, 6.07) is 8.30. The van der Waals surface area contributed by atoms with Gasteiger partial charge in [0.1, 0.15) is 0 Å². The second-order valence-electron chi connectivity index (χ2n) is 6.72. The van der Waals surface area contributed by atoms with Gasteiger partial charge in [0, 0.05) is 29.4 Å². The molecule has 3 rings (SSSR count). The zero-order chi connectivity index (χ0) is 17.1. The van der Waals surface area contributed by atoms with Gasteiger partial charge in [-0.3, -0.25) is 9.58 Å². The van der Waals surface area contributed by atoms with Gasteiger partial charge in [0.25, 0.3) is 0 Å². The highest BCUT2D eigenvalue weighted by Gasteiger charge is 2.23. The van der Waals surface area contributed by atoms with Gasteiger partial charge in [-0.25, -0.2) is 0 Å². The largest absolute Gasteiger partial charge is 0.394 e. The van der Waals surface area contributed by atoms with E-state index in [4.69, 9.17) is 16.7 Å². The normalized spacial score (nSPS) is 18.9. The second kappa shape index (κ2) is 7.68. The molecule has 4 nitrogen and oxygen atoms in total. The fraction of sp³-hybridized carbons (Fsp3) is 0.526. The van der Waals surface area contributed by atoms with E-state index in [0.717, 1.165) is 30.4 Å². The van der Waals surface area contributed by atoms with Crippen molar-refractivity contribution in [1.29, 1.82) is 0 Å². The Labute approximate surface area is 149 Å². The number of aliphatic hydroxyl groups is 1. The van der Waals surface area contributed by atoms with Crippen molar-refractivity contribution in [1.82, 2.24) is 14.7 Å². The van der Waals surface area contributed by atoms with Crippen LogP contribution in [0.5, 0.6) is 0 Å². The summed E-state index contributed by atoms with van der Waals surface area (Å²) < 4.78 is 1.92. The highest BCUT2D eigenvalue weighted by atomic mass is 35.5. The van der Waals surface area contributed by atoms with Crippen LogP contribution >= 0.6 is 11.6 Å². The Morgan fingerprint density at radius 2 is 2.00 bits per heavy atom. The molecule has 1 fully saturated rings. The van der Waals surface area contributed by atoms with Gasteiger partial charge in [-0.05, 0) is 56.8 Å². The highest BCUT2D eigenvalue weighted by Crippen LogP contribution is 2.29. The smallest absolute Gasteiger partial charge is 0.0644 e. The molecule has 0 amide bonds. The number of halogens is 1. The minimum absolute atomic E-state index is 0.129. The summed E-state index contributed by atoms with van der Waals surface area (Å²) >= 11 is 6.01. The van der Waals surface area contributed by atoms with E-state index in [9.17, 15) is 0 Å². The van der Waals surface area contributed by atoms with Gasteiger partial charge in [0.2, 0.25) is 0 Å². The van der Waals surface area contributed by atoms with Gasteiger partial charge in [-0.2, -0.15) is 5.10 Å². The molecule has 1 atom stereocenters. The van der Waals surface area contributed by atoms with Crippen LogP contribution in [0.15, 0.2) is 24.3 Å². The third-order valence-corrected chi connectivity index (χ3v) is 5.32. The van der Waals surface area contributed by atoms with Crippen LogP contribution in [0.4, 0.5) is 0 Å². The number of hydrogen-bond donors (Lipinski definition) is 1. The number of aryl methyl sites for hydroxylation is 1. The minimum atomic E-state index is 0.129. The molecule has 0 bridgehead atoms. The number of rotatable bonds is 5. The lowest BCUT2D eigenvalue weighted by Crippen LogP contribution is -2.34. The Morgan fingerprint density at radius 1 is 1.25 bits per heavy atom. The number of aliphatic hydroxyl groups excluding tert-OH is 1. The Balaban J connectivity index is 1.70. The van der Waals surface area contributed by atoms with Crippen LogP contribution in [0.1, 0.15) is 41.3 Å². The maximum atomic E-state index is 9.17. The van der Waals surface area contributed by atoms with E-state index in [0.29, 0.717) is 12.5 Å². The molecule has 130 valence electrons. The minimum Gasteiger partial charge on any atom is -0.394 e. The SMILES string of the molecule is Cc1nn(CCO)c(C)c1CN1CCCC(c2ccc(Cl)cc2)C1. The third kappa shape index (κ3) is 3.82. The summed E-state index contributed by atoms with van der Waals surface area (Å²) in [5, 5.41) is 14.5. The van der Waals surface area contributed by atoms with Gasteiger partial charge < -0.3 is 5.11 Å². The summed E-state index contributed by atoms with van der Waals surface area (Å²) in [4.78, 5) is 2.53. The van der Waals surface area contributed by atoms with E-state index in [2.05, 4.69) is 36.0 Å². The van der Waals surface area contributed by atoms with Crippen molar-refractivity contribution in [2.24, 2.45) is 0 Å². The predicted molar refractivity (Wildman–Crippen MR) is 97.5 cm³/mol. The van der Waals surface area contributed by atoms with E-state index in [-0.39, 0.29) is 6.61 Å². The van der Waals surface area contributed by atoms with Crippen LogP contribution in [-0.4, -0.2) is 39.5 Å². The Hall–Kier alpha value is -1.36. The summed E-state index contributed by atoms with van der Waals surface area (Å²) in [6.45, 7) is 8.01. The zero-order valence-electron chi connectivity index (χ0n) is 14.5. The molecule has 2 heterocycles. The first-order chi connectivity index (χ1) is 11.6. The summed E-state index contributed by atoms with van der Waals surface area (Å²) in [7, 11) is 0. The van der Waals surface area contributed by atoms with E-state index < -0.39 is 0 Å². The van der Waals surface area contributed by atoms with Gasteiger partial charge in [-0.15, -0.1) is 0 Å². The molecule has 0 spiro atoms. The Bertz CT molecular complexity index is 681. The number of likely N-dealkylation sites (tertiary alicyclic amines) is 1. The van der Waals surface area contributed by atoms with Crippen molar-refractivity contribution in [2.45, 2.75) is 45.7 Å². The molecule has 1 aliphatic heterocycles. The molecule has 0 saturated carbocycles. The van der Waals surface area contributed by atoms with Crippen LogP contribution in [0.25, 0.3) is 0 Å². The van der Waals surface area contributed by atoms with Crippen molar-refractivity contribution in [3.63, 3.8) is 0 Å². The quantitative estimate of drug-likeness (QED) is 0.899. The fourth-order valence-electron chi connectivity index (χ4n) is 3.71. The molecule has 1 N–H and O–H groups in total. The van der Waals surface area contributed by atoms with Gasteiger partial charge in [-0.1, -0.05) is 23.7 Å². The molecular weight excluding hydrogens is 322 g/mol. The fourth-order valence-corrected chi connectivity index (χ4v) is 3.83. The molecule has 1 aromatic carbocycles. The molecule has 24 heavy (non-hydrogen) atoms. The van der Waals surface area contributed by atoms with Crippen LogP contribution in [0, 0.1) is 13.8 Å². The van der Waals surface area contributed by atoms with Crippen LogP contribution in [0.3, 0.4) is 0 Å². The average Bonchev–Trinajstić information content (AvgIpc) is 2.84. The summed E-state index contributed by atoms with van der Waals surface area (Å²) in [6.07, 6.45) is 2.45. The lowest BCUT2D eigenvalue weighted by molar-refractivity contribution is 0.199. The monoisotopic (exact) mass is 347 g/mol. The maximum Gasteiger partial charge on any atom is 0.0644 e. The molecule has 1 aliphatic rings. The molecule has 5 heteroatoms.